The van der Waals surface area contributed by atoms with Crippen LogP contribution in [0.1, 0.15) is 33.3 Å². The van der Waals surface area contributed by atoms with Gasteiger partial charge in [-0.2, -0.15) is 0 Å². The van der Waals surface area contributed by atoms with Crippen molar-refractivity contribution in [3.8, 4) is 5.75 Å². The van der Waals surface area contributed by atoms with Crippen LogP contribution < -0.4 is 9.64 Å². The smallest absolute Gasteiger partial charge is 0.326 e. The molecule has 0 aliphatic heterocycles. The molecule has 1 aromatic rings. The highest BCUT2D eigenvalue weighted by atomic mass is 35.5. The number of nitrogens with zero attached hydrogens (tertiary/aromatic N) is 1. The van der Waals surface area contributed by atoms with Gasteiger partial charge in [-0.05, 0) is 19.1 Å². The molecular weight excluding hydrogens is 330 g/mol. The van der Waals surface area contributed by atoms with Gasteiger partial charge in [-0.1, -0.05) is 27.4 Å². The number of hydrogen-bond acceptors (Lipinski definition) is 4. The van der Waals surface area contributed by atoms with Crippen molar-refractivity contribution in [1.29, 1.82) is 0 Å². The van der Waals surface area contributed by atoms with E-state index in [1.165, 1.54) is 24.0 Å². The molecule has 0 N–H and O–H groups in total. The Balaban J connectivity index is 3.41. The highest BCUT2D eigenvalue weighted by molar-refractivity contribution is 6.26. The predicted octanol–water partition coefficient (Wildman–Crippen LogP) is 3.44. The highest BCUT2D eigenvalue weighted by Gasteiger charge is 2.28. The Morgan fingerprint density at radius 2 is 1.83 bits per heavy atom. The van der Waals surface area contributed by atoms with E-state index in [0.717, 1.165) is 0 Å². The van der Waals surface area contributed by atoms with Crippen molar-refractivity contribution in [2.75, 3.05) is 17.8 Å². The van der Waals surface area contributed by atoms with Gasteiger partial charge in [0.1, 0.15) is 11.6 Å². The molecule has 0 aliphatic rings. The topological polar surface area (TPSA) is 63.7 Å². The van der Waals surface area contributed by atoms with E-state index in [4.69, 9.17) is 16.3 Å². The Labute approximate surface area is 147 Å². The lowest BCUT2D eigenvalue weighted by Gasteiger charge is -2.28. The van der Waals surface area contributed by atoms with Crippen LogP contribution in [0.5, 0.6) is 5.75 Å². The molecule has 130 valence electrons. The summed E-state index contributed by atoms with van der Waals surface area (Å²) in [6.07, 6.45) is 0. The summed E-state index contributed by atoms with van der Waals surface area (Å²) in [6.45, 7) is 10.6. The summed E-state index contributed by atoms with van der Waals surface area (Å²) in [5.41, 5.74) is 0.601. The van der Waals surface area contributed by atoms with Crippen LogP contribution in [-0.2, 0) is 14.4 Å². The maximum absolute atomic E-state index is 12.6. The Morgan fingerprint density at radius 1 is 1.25 bits per heavy atom. The third kappa shape index (κ3) is 4.68. The van der Waals surface area contributed by atoms with Crippen molar-refractivity contribution in [3.63, 3.8) is 0 Å². The first-order valence-corrected chi connectivity index (χ1v) is 7.91. The van der Waals surface area contributed by atoms with E-state index in [2.05, 4.69) is 6.58 Å². The fourth-order valence-electron chi connectivity index (χ4n) is 2.07. The number of benzene rings is 1. The largest absolute Gasteiger partial charge is 0.426 e. The van der Waals surface area contributed by atoms with Crippen molar-refractivity contribution in [1.82, 2.24) is 0 Å². The molecule has 0 spiro atoms. The molecule has 0 heterocycles. The van der Waals surface area contributed by atoms with Gasteiger partial charge >= 0.3 is 5.97 Å². The molecule has 0 saturated heterocycles. The van der Waals surface area contributed by atoms with Gasteiger partial charge in [-0.3, -0.25) is 14.4 Å². The average Bonchev–Trinajstić information content (AvgIpc) is 2.51. The molecule has 0 radical (unpaired) electrons. The maximum Gasteiger partial charge on any atom is 0.326 e. The number of carbonyl (C=O) groups excluding carboxylic acids is 3. The Morgan fingerprint density at radius 3 is 2.29 bits per heavy atom. The molecule has 6 heteroatoms. The number of esters is 1. The number of hydrogen-bond donors (Lipinski definition) is 0. The third-order valence-electron chi connectivity index (χ3n) is 3.37. The van der Waals surface area contributed by atoms with Crippen LogP contribution in [0.2, 0.25) is 0 Å². The highest BCUT2D eigenvalue weighted by Crippen LogP contribution is 2.33. The summed E-state index contributed by atoms with van der Waals surface area (Å²) >= 11 is 5.44. The Hall–Kier alpha value is -2.14. The van der Waals surface area contributed by atoms with Crippen LogP contribution in [0.25, 0.3) is 5.57 Å². The second-order valence-electron chi connectivity index (χ2n) is 6.44. The van der Waals surface area contributed by atoms with Gasteiger partial charge in [-0.25, -0.2) is 0 Å². The van der Waals surface area contributed by atoms with Gasteiger partial charge in [-0.15, -0.1) is 11.6 Å². The fourth-order valence-corrected chi connectivity index (χ4v) is 2.12. The van der Waals surface area contributed by atoms with Crippen LogP contribution in [0.15, 0.2) is 24.8 Å². The van der Waals surface area contributed by atoms with Gasteiger partial charge in [0.2, 0.25) is 5.91 Å². The van der Waals surface area contributed by atoms with E-state index in [1.807, 2.05) is 0 Å². The lowest BCUT2D eigenvalue weighted by Crippen LogP contribution is -2.37. The summed E-state index contributed by atoms with van der Waals surface area (Å²) < 4.78 is 5.09. The number of halogens is 1. The van der Waals surface area contributed by atoms with Crippen molar-refractivity contribution in [2.45, 2.75) is 27.7 Å². The predicted molar refractivity (Wildman–Crippen MR) is 95.4 cm³/mol. The lowest BCUT2D eigenvalue weighted by molar-refractivity contribution is -0.131. The van der Waals surface area contributed by atoms with E-state index >= 15 is 0 Å². The lowest BCUT2D eigenvalue weighted by atomic mass is 9.93. The molecular formula is C18H22ClNO4. The normalized spacial score (nSPS) is 10.9. The second-order valence-corrected chi connectivity index (χ2v) is 6.70. The first-order chi connectivity index (χ1) is 11.0. The number of anilines is 1. The molecule has 0 atom stereocenters. The molecule has 0 bridgehead atoms. The number of amides is 1. The maximum atomic E-state index is 12.6. The minimum absolute atomic E-state index is 0.152. The summed E-state index contributed by atoms with van der Waals surface area (Å²) in [6, 6.07) is 4.66. The Kier molecular flexibility index (Phi) is 6.32. The third-order valence-corrected chi connectivity index (χ3v) is 3.59. The summed E-state index contributed by atoms with van der Waals surface area (Å²) in [5, 5.41) is 0. The van der Waals surface area contributed by atoms with Gasteiger partial charge < -0.3 is 9.64 Å². The van der Waals surface area contributed by atoms with Crippen LogP contribution >= 0.6 is 11.6 Å². The molecule has 0 unspecified atom stereocenters. The zero-order valence-corrected chi connectivity index (χ0v) is 15.4. The molecule has 0 aromatic heterocycles. The van der Waals surface area contributed by atoms with Crippen LogP contribution in [0.4, 0.5) is 5.69 Å². The van der Waals surface area contributed by atoms with Gasteiger partial charge in [0.25, 0.3) is 0 Å². The number of alkyl halides is 1. The molecule has 1 amide bonds. The van der Waals surface area contributed by atoms with E-state index in [-0.39, 0.29) is 28.9 Å². The number of rotatable bonds is 5. The monoisotopic (exact) mass is 351 g/mol. The van der Waals surface area contributed by atoms with E-state index in [1.54, 1.807) is 33.9 Å². The van der Waals surface area contributed by atoms with Crippen LogP contribution in [0, 0.1) is 5.41 Å². The SMILES string of the molecule is C=C(C(C)=O)c1ccc(OC(=O)CCl)cc1N(C)C(=O)C(C)(C)C. The molecule has 0 aliphatic carbocycles. The Bertz CT molecular complexity index is 689. The molecule has 0 saturated carbocycles. The number of carbonyl (C=O) groups is 3. The molecule has 1 aromatic carbocycles. The van der Waals surface area contributed by atoms with E-state index in [0.29, 0.717) is 11.3 Å². The van der Waals surface area contributed by atoms with Crippen LogP contribution in [-0.4, -0.2) is 30.6 Å². The fraction of sp³-hybridized carbons (Fsp3) is 0.389. The zero-order chi connectivity index (χ0) is 18.7. The first-order valence-electron chi connectivity index (χ1n) is 7.38. The van der Waals surface area contributed by atoms with Gasteiger partial charge in [0.15, 0.2) is 5.78 Å². The van der Waals surface area contributed by atoms with Crippen molar-refractivity contribution in [2.24, 2.45) is 5.41 Å². The molecule has 5 nitrogen and oxygen atoms in total. The number of ketones is 1. The van der Waals surface area contributed by atoms with Crippen molar-refractivity contribution >= 4 is 40.5 Å². The minimum atomic E-state index is -0.619. The van der Waals surface area contributed by atoms with Gasteiger partial charge in [0.05, 0.1) is 5.69 Å². The van der Waals surface area contributed by atoms with Crippen molar-refractivity contribution < 1.29 is 19.1 Å². The quantitative estimate of drug-likeness (QED) is 0.353. The van der Waals surface area contributed by atoms with Gasteiger partial charge in [0, 0.05) is 29.7 Å². The molecule has 24 heavy (non-hydrogen) atoms. The minimum Gasteiger partial charge on any atom is -0.426 e. The zero-order valence-electron chi connectivity index (χ0n) is 14.6. The number of ether oxygens (including phenoxy) is 1. The molecule has 0 fully saturated rings. The molecule has 1 rings (SSSR count). The summed E-state index contributed by atoms with van der Waals surface area (Å²) in [7, 11) is 1.60. The van der Waals surface area contributed by atoms with E-state index in [9.17, 15) is 14.4 Å². The first kappa shape index (κ1) is 19.9. The standard InChI is InChI=1S/C18H22ClNO4/c1-11(12(2)21)14-8-7-13(24-16(22)10-19)9-15(14)20(6)17(23)18(3,4)5/h7-9H,1,10H2,2-6H3. The summed E-state index contributed by atoms with van der Waals surface area (Å²) in [5.74, 6) is -1.01. The average molecular weight is 352 g/mol. The number of Topliss-reactive ketones (excluding diaryl/α,β-unsaturated/α-hetero) is 1. The van der Waals surface area contributed by atoms with E-state index < -0.39 is 11.4 Å². The van der Waals surface area contributed by atoms with Crippen molar-refractivity contribution in [3.05, 3.63) is 30.3 Å². The second kappa shape index (κ2) is 7.62. The number of allylic oxidation sites excluding steroid dienone is 1. The summed E-state index contributed by atoms with van der Waals surface area (Å²) in [4.78, 5) is 37.1. The van der Waals surface area contributed by atoms with Crippen LogP contribution in [0.3, 0.4) is 0 Å².